The lowest BCUT2D eigenvalue weighted by molar-refractivity contribution is 0.0273. The lowest BCUT2D eigenvalue weighted by Crippen LogP contribution is -2.44. The zero-order valence-corrected chi connectivity index (χ0v) is 13.5. The van der Waals surface area contributed by atoms with Gasteiger partial charge in [0.15, 0.2) is 0 Å². The molecule has 7 nitrogen and oxygen atoms in total. The molecule has 116 valence electrons. The van der Waals surface area contributed by atoms with Crippen LogP contribution in [-0.4, -0.2) is 50.2 Å². The molecule has 0 spiro atoms. The van der Waals surface area contributed by atoms with Crippen molar-refractivity contribution in [2.24, 2.45) is 0 Å². The number of imidazole rings is 1. The Kier molecular flexibility index (Phi) is 3.34. The Bertz CT molecular complexity index is 759. The monoisotopic (exact) mass is 318 g/mol. The summed E-state index contributed by atoms with van der Waals surface area (Å²) < 4.78 is 9.67. The molecule has 0 N–H and O–H groups in total. The Morgan fingerprint density at radius 3 is 3.05 bits per heavy atom. The number of hydrogen-bond donors (Lipinski definition) is 0. The first kappa shape index (κ1) is 13.7. The van der Waals surface area contributed by atoms with E-state index in [4.69, 9.17) is 4.74 Å². The first-order chi connectivity index (χ1) is 10.7. The SMILES string of the molecule is Cc1cnn(CC2CN(c3nn4cc(C)nc4s3)CCO2)c1. The van der Waals surface area contributed by atoms with Crippen molar-refractivity contribution in [3.8, 4) is 0 Å². The smallest absolute Gasteiger partial charge is 0.214 e. The molecule has 8 heteroatoms. The second-order valence-electron chi connectivity index (χ2n) is 5.67. The van der Waals surface area contributed by atoms with E-state index in [9.17, 15) is 0 Å². The van der Waals surface area contributed by atoms with Crippen LogP contribution in [-0.2, 0) is 11.3 Å². The van der Waals surface area contributed by atoms with Crippen LogP contribution in [0.25, 0.3) is 4.96 Å². The number of fused-ring (bicyclic) bond motifs is 1. The van der Waals surface area contributed by atoms with Gasteiger partial charge < -0.3 is 9.64 Å². The molecule has 4 heterocycles. The van der Waals surface area contributed by atoms with Crippen molar-refractivity contribution in [1.82, 2.24) is 24.4 Å². The minimum atomic E-state index is 0.131. The van der Waals surface area contributed by atoms with Crippen LogP contribution >= 0.6 is 11.3 Å². The molecule has 0 bridgehead atoms. The van der Waals surface area contributed by atoms with Crippen molar-refractivity contribution in [2.45, 2.75) is 26.5 Å². The molecule has 0 amide bonds. The van der Waals surface area contributed by atoms with E-state index in [1.54, 1.807) is 11.3 Å². The summed E-state index contributed by atoms with van der Waals surface area (Å²) in [5.74, 6) is 0. The molecule has 22 heavy (non-hydrogen) atoms. The van der Waals surface area contributed by atoms with Crippen LogP contribution in [0.1, 0.15) is 11.3 Å². The predicted molar refractivity (Wildman–Crippen MR) is 84.5 cm³/mol. The maximum absolute atomic E-state index is 5.87. The molecule has 1 unspecified atom stereocenters. The second-order valence-corrected chi connectivity index (χ2v) is 6.61. The number of anilines is 1. The van der Waals surface area contributed by atoms with Gasteiger partial charge in [-0.3, -0.25) is 4.68 Å². The average Bonchev–Trinajstić information content (AvgIpc) is 3.14. The van der Waals surface area contributed by atoms with Gasteiger partial charge >= 0.3 is 0 Å². The fraction of sp³-hybridized carbons (Fsp3) is 0.500. The Labute approximate surface area is 132 Å². The maximum atomic E-state index is 5.87. The molecule has 0 radical (unpaired) electrons. The molecule has 1 fully saturated rings. The van der Waals surface area contributed by atoms with Gasteiger partial charge in [0.2, 0.25) is 10.1 Å². The molecule has 4 rings (SSSR count). The minimum Gasteiger partial charge on any atom is -0.373 e. The predicted octanol–water partition coefficient (Wildman–Crippen LogP) is 1.51. The van der Waals surface area contributed by atoms with Crippen LogP contribution in [0.4, 0.5) is 5.13 Å². The molecule has 1 aliphatic rings. The Balaban J connectivity index is 1.48. The van der Waals surface area contributed by atoms with E-state index in [0.717, 1.165) is 35.4 Å². The number of aromatic nitrogens is 5. The number of nitrogens with zero attached hydrogens (tertiary/aromatic N) is 6. The van der Waals surface area contributed by atoms with Crippen LogP contribution in [0.3, 0.4) is 0 Å². The highest BCUT2D eigenvalue weighted by atomic mass is 32.1. The van der Waals surface area contributed by atoms with E-state index in [-0.39, 0.29) is 6.10 Å². The molecule has 1 atom stereocenters. The number of morpholine rings is 1. The van der Waals surface area contributed by atoms with E-state index < -0.39 is 0 Å². The lowest BCUT2D eigenvalue weighted by Gasteiger charge is -2.32. The van der Waals surface area contributed by atoms with E-state index >= 15 is 0 Å². The first-order valence-electron chi connectivity index (χ1n) is 7.36. The van der Waals surface area contributed by atoms with Gasteiger partial charge in [0.05, 0.1) is 37.3 Å². The normalized spacial score (nSPS) is 19.2. The van der Waals surface area contributed by atoms with Crippen molar-refractivity contribution in [3.05, 3.63) is 29.8 Å². The lowest BCUT2D eigenvalue weighted by atomic mass is 10.3. The topological polar surface area (TPSA) is 60.5 Å². The number of hydrogen-bond acceptors (Lipinski definition) is 6. The Morgan fingerprint density at radius 2 is 2.27 bits per heavy atom. The first-order valence-corrected chi connectivity index (χ1v) is 8.17. The Morgan fingerprint density at radius 1 is 1.36 bits per heavy atom. The molecular formula is C14H18N6OS. The zero-order chi connectivity index (χ0) is 15.1. The van der Waals surface area contributed by atoms with Crippen molar-refractivity contribution in [3.63, 3.8) is 0 Å². The number of aryl methyl sites for hydroxylation is 2. The highest BCUT2D eigenvalue weighted by Crippen LogP contribution is 2.25. The van der Waals surface area contributed by atoms with Gasteiger partial charge in [-0.05, 0) is 19.4 Å². The molecule has 3 aromatic rings. The third-order valence-corrected chi connectivity index (χ3v) is 4.70. The molecule has 0 aliphatic carbocycles. The van der Waals surface area contributed by atoms with Gasteiger partial charge in [-0.2, -0.15) is 5.10 Å². The summed E-state index contributed by atoms with van der Waals surface area (Å²) in [6.45, 7) is 7.21. The maximum Gasteiger partial charge on any atom is 0.214 e. The van der Waals surface area contributed by atoms with Crippen molar-refractivity contribution < 1.29 is 4.74 Å². The van der Waals surface area contributed by atoms with Crippen molar-refractivity contribution in [2.75, 3.05) is 24.6 Å². The summed E-state index contributed by atoms with van der Waals surface area (Å²) in [4.78, 5) is 7.68. The standard InChI is InChI=1S/C14H18N6OS/c1-10-5-15-19(6-10)9-12-8-18(3-4-21-12)14-17-20-7-11(2)16-13(20)22-14/h5-7,12H,3-4,8-9H2,1-2H3. The Hall–Kier alpha value is -1.93. The third-order valence-electron chi connectivity index (χ3n) is 3.72. The van der Waals surface area contributed by atoms with E-state index in [0.29, 0.717) is 6.61 Å². The molecule has 0 aromatic carbocycles. The fourth-order valence-electron chi connectivity index (χ4n) is 2.71. The molecule has 1 saturated heterocycles. The largest absolute Gasteiger partial charge is 0.373 e. The summed E-state index contributed by atoms with van der Waals surface area (Å²) >= 11 is 1.63. The van der Waals surface area contributed by atoms with Crippen molar-refractivity contribution in [1.29, 1.82) is 0 Å². The summed E-state index contributed by atoms with van der Waals surface area (Å²) in [6, 6.07) is 0. The highest BCUT2D eigenvalue weighted by molar-refractivity contribution is 7.20. The summed E-state index contributed by atoms with van der Waals surface area (Å²) in [6.07, 6.45) is 6.01. The zero-order valence-electron chi connectivity index (χ0n) is 12.6. The minimum absolute atomic E-state index is 0.131. The summed E-state index contributed by atoms with van der Waals surface area (Å²) in [7, 11) is 0. The van der Waals surface area contributed by atoms with Gasteiger partial charge in [-0.1, -0.05) is 11.3 Å². The number of ether oxygens (including phenoxy) is 1. The van der Waals surface area contributed by atoms with E-state index in [1.165, 1.54) is 5.56 Å². The number of rotatable bonds is 3. The van der Waals surface area contributed by atoms with Crippen LogP contribution in [0, 0.1) is 13.8 Å². The van der Waals surface area contributed by atoms with Crippen LogP contribution in [0.5, 0.6) is 0 Å². The molecule has 0 saturated carbocycles. The van der Waals surface area contributed by atoms with E-state index in [2.05, 4.69) is 20.1 Å². The van der Waals surface area contributed by atoms with Gasteiger partial charge in [0, 0.05) is 19.3 Å². The molecular weight excluding hydrogens is 300 g/mol. The highest BCUT2D eigenvalue weighted by Gasteiger charge is 2.24. The van der Waals surface area contributed by atoms with Gasteiger partial charge in [-0.15, -0.1) is 5.10 Å². The van der Waals surface area contributed by atoms with Gasteiger partial charge in [0.1, 0.15) is 0 Å². The van der Waals surface area contributed by atoms with Crippen LogP contribution in [0.15, 0.2) is 18.6 Å². The molecule has 3 aromatic heterocycles. The van der Waals surface area contributed by atoms with Gasteiger partial charge in [-0.25, -0.2) is 9.50 Å². The van der Waals surface area contributed by atoms with Crippen LogP contribution in [0.2, 0.25) is 0 Å². The summed E-state index contributed by atoms with van der Waals surface area (Å²) in [5.41, 5.74) is 2.17. The third kappa shape index (κ3) is 2.59. The quantitative estimate of drug-likeness (QED) is 0.732. The average molecular weight is 318 g/mol. The van der Waals surface area contributed by atoms with E-state index in [1.807, 2.05) is 41.6 Å². The van der Waals surface area contributed by atoms with Crippen LogP contribution < -0.4 is 4.90 Å². The fourth-order valence-corrected chi connectivity index (χ4v) is 3.67. The summed E-state index contributed by atoms with van der Waals surface area (Å²) in [5, 5.41) is 9.97. The van der Waals surface area contributed by atoms with Crippen molar-refractivity contribution >= 4 is 21.4 Å². The van der Waals surface area contributed by atoms with Gasteiger partial charge in [0.25, 0.3) is 0 Å². The second kappa shape index (κ2) is 5.36. The molecule has 1 aliphatic heterocycles.